The summed E-state index contributed by atoms with van der Waals surface area (Å²) >= 11 is 0. The molecule has 0 aromatic heterocycles. The lowest BCUT2D eigenvalue weighted by molar-refractivity contribution is -0.136. The molecule has 0 aromatic rings. The molecule has 0 bridgehead atoms. The Morgan fingerprint density at radius 1 is 1.39 bits per heavy atom. The predicted molar refractivity (Wildman–Crippen MR) is 68.7 cm³/mol. The van der Waals surface area contributed by atoms with Gasteiger partial charge in [0.1, 0.15) is 6.61 Å². The van der Waals surface area contributed by atoms with Crippen LogP contribution in [0.5, 0.6) is 0 Å². The molecule has 0 unspecified atom stereocenters. The van der Waals surface area contributed by atoms with Crippen molar-refractivity contribution < 1.29 is 17.9 Å². The van der Waals surface area contributed by atoms with Gasteiger partial charge in [-0.3, -0.25) is 4.79 Å². The Kier molecular flexibility index (Phi) is 5.55. The number of nitrogens with zero attached hydrogens (tertiary/aromatic N) is 1. The maximum Gasteiger partial charge on any atom is 0.248 e. The van der Waals surface area contributed by atoms with Crippen molar-refractivity contribution in [3.63, 3.8) is 0 Å². The van der Waals surface area contributed by atoms with Gasteiger partial charge in [0, 0.05) is 26.2 Å². The monoisotopic (exact) mass is 278 g/mol. The molecule has 1 aliphatic heterocycles. The lowest BCUT2D eigenvalue weighted by Crippen LogP contribution is -2.48. The number of nitrogens with one attached hydrogen (secondary N) is 1. The molecule has 0 aliphatic carbocycles. The van der Waals surface area contributed by atoms with E-state index in [1.165, 1.54) is 7.11 Å². The molecule has 0 aromatic carbocycles. The highest BCUT2D eigenvalue weighted by molar-refractivity contribution is 7.90. The highest BCUT2D eigenvalue weighted by Gasteiger charge is 2.26. The Morgan fingerprint density at radius 2 is 1.94 bits per heavy atom. The van der Waals surface area contributed by atoms with Crippen LogP contribution in [-0.2, 0) is 19.6 Å². The summed E-state index contributed by atoms with van der Waals surface area (Å²) in [6, 6.07) is -0.0657. The van der Waals surface area contributed by atoms with Crippen LogP contribution in [0.3, 0.4) is 0 Å². The van der Waals surface area contributed by atoms with E-state index in [-0.39, 0.29) is 18.6 Å². The number of hydrogen-bond acceptors (Lipinski definition) is 4. The van der Waals surface area contributed by atoms with E-state index in [0.29, 0.717) is 25.9 Å². The molecule has 1 amide bonds. The third-order valence-corrected chi connectivity index (χ3v) is 4.97. The van der Waals surface area contributed by atoms with Gasteiger partial charge in [-0.15, -0.1) is 0 Å². The van der Waals surface area contributed by atoms with Gasteiger partial charge in [0.25, 0.3) is 0 Å². The van der Waals surface area contributed by atoms with Gasteiger partial charge in [-0.05, 0) is 26.7 Å². The second-order valence-electron chi connectivity index (χ2n) is 4.80. The van der Waals surface area contributed by atoms with E-state index < -0.39 is 15.3 Å². The molecule has 1 N–H and O–H groups in total. The van der Waals surface area contributed by atoms with Crippen LogP contribution in [0.15, 0.2) is 0 Å². The number of sulfonamides is 1. The molecule has 1 aliphatic rings. The first-order chi connectivity index (χ1) is 8.36. The van der Waals surface area contributed by atoms with Gasteiger partial charge in [-0.1, -0.05) is 0 Å². The minimum Gasteiger partial charge on any atom is -0.375 e. The van der Waals surface area contributed by atoms with Crippen LogP contribution in [0.4, 0.5) is 0 Å². The second-order valence-corrected chi connectivity index (χ2v) is 7.07. The molecule has 1 rings (SSSR count). The molecule has 0 atom stereocenters. The van der Waals surface area contributed by atoms with E-state index in [9.17, 15) is 13.2 Å². The number of methoxy groups -OCH3 is 1. The maximum atomic E-state index is 11.7. The van der Waals surface area contributed by atoms with E-state index in [4.69, 9.17) is 4.74 Å². The van der Waals surface area contributed by atoms with E-state index >= 15 is 0 Å². The van der Waals surface area contributed by atoms with E-state index in [0.717, 1.165) is 0 Å². The second kappa shape index (κ2) is 6.49. The number of piperidine rings is 1. The van der Waals surface area contributed by atoms with Gasteiger partial charge in [-0.25, -0.2) is 13.1 Å². The molecule has 106 valence electrons. The molecule has 0 spiro atoms. The maximum absolute atomic E-state index is 11.7. The van der Waals surface area contributed by atoms with Crippen molar-refractivity contribution in [3.05, 3.63) is 0 Å². The van der Waals surface area contributed by atoms with E-state index in [1.807, 2.05) is 0 Å². The fourth-order valence-electron chi connectivity index (χ4n) is 1.83. The van der Waals surface area contributed by atoms with Gasteiger partial charge >= 0.3 is 0 Å². The fraction of sp³-hybridized carbons (Fsp3) is 0.909. The third kappa shape index (κ3) is 4.22. The van der Waals surface area contributed by atoms with Crippen LogP contribution in [0.25, 0.3) is 0 Å². The van der Waals surface area contributed by atoms with Crippen LogP contribution >= 0.6 is 0 Å². The Hall–Kier alpha value is -0.660. The first-order valence-electron chi connectivity index (χ1n) is 6.14. The summed E-state index contributed by atoms with van der Waals surface area (Å²) in [5, 5.41) is -0.425. The zero-order valence-electron chi connectivity index (χ0n) is 11.2. The standard InChI is InChI=1S/C11H22N2O4S/c1-9(2)18(15,16)12-10-4-6-13(7-5-10)11(14)8-17-3/h9-10,12H,4-8H2,1-3H3. The summed E-state index contributed by atoms with van der Waals surface area (Å²) < 4.78 is 30.9. The average Bonchev–Trinajstić information content (AvgIpc) is 2.29. The molecule has 1 fully saturated rings. The number of carbonyl (C=O) groups excluding carboxylic acids is 1. The van der Waals surface area contributed by atoms with Crippen molar-refractivity contribution in [3.8, 4) is 0 Å². The largest absolute Gasteiger partial charge is 0.375 e. The molecule has 1 heterocycles. The number of rotatable bonds is 5. The van der Waals surface area contributed by atoms with Crippen LogP contribution in [-0.4, -0.2) is 57.3 Å². The predicted octanol–water partition coefficient (Wildman–Crippen LogP) is -0.0484. The van der Waals surface area contributed by atoms with Crippen molar-refractivity contribution in [2.24, 2.45) is 0 Å². The minimum atomic E-state index is -3.22. The van der Waals surface area contributed by atoms with Crippen molar-refractivity contribution in [1.82, 2.24) is 9.62 Å². The van der Waals surface area contributed by atoms with Gasteiger partial charge in [-0.2, -0.15) is 0 Å². The molecule has 7 heteroatoms. The van der Waals surface area contributed by atoms with Crippen LogP contribution in [0.2, 0.25) is 0 Å². The molecule has 0 saturated carbocycles. The normalized spacial score (nSPS) is 18.3. The van der Waals surface area contributed by atoms with Crippen molar-refractivity contribution in [2.75, 3.05) is 26.8 Å². The summed E-state index contributed by atoms with van der Waals surface area (Å²) in [7, 11) is -1.74. The van der Waals surface area contributed by atoms with E-state index in [2.05, 4.69) is 4.72 Å². The molecule has 18 heavy (non-hydrogen) atoms. The Morgan fingerprint density at radius 3 is 2.39 bits per heavy atom. The average molecular weight is 278 g/mol. The van der Waals surface area contributed by atoms with Gasteiger partial charge in [0.05, 0.1) is 5.25 Å². The van der Waals surface area contributed by atoms with E-state index in [1.54, 1.807) is 18.7 Å². The van der Waals surface area contributed by atoms with Crippen LogP contribution < -0.4 is 4.72 Å². The first-order valence-corrected chi connectivity index (χ1v) is 7.69. The molecular weight excluding hydrogens is 256 g/mol. The highest BCUT2D eigenvalue weighted by atomic mass is 32.2. The molecule has 0 radical (unpaired) electrons. The quantitative estimate of drug-likeness (QED) is 0.765. The number of likely N-dealkylation sites (tertiary alicyclic amines) is 1. The minimum absolute atomic E-state index is 0.0392. The number of carbonyl (C=O) groups is 1. The van der Waals surface area contributed by atoms with Gasteiger partial charge < -0.3 is 9.64 Å². The summed E-state index contributed by atoms with van der Waals surface area (Å²) in [4.78, 5) is 13.3. The lowest BCUT2D eigenvalue weighted by Gasteiger charge is -2.32. The van der Waals surface area contributed by atoms with Crippen molar-refractivity contribution >= 4 is 15.9 Å². The van der Waals surface area contributed by atoms with Crippen molar-refractivity contribution in [1.29, 1.82) is 0 Å². The molecule has 1 saturated heterocycles. The Balaban J connectivity index is 2.43. The van der Waals surface area contributed by atoms with Gasteiger partial charge in [0.15, 0.2) is 0 Å². The Labute approximate surface area is 109 Å². The SMILES string of the molecule is COCC(=O)N1CCC(NS(=O)(=O)C(C)C)CC1. The summed E-state index contributed by atoms with van der Waals surface area (Å²) in [6.45, 7) is 4.54. The summed E-state index contributed by atoms with van der Waals surface area (Å²) in [5.74, 6) is -0.0392. The van der Waals surface area contributed by atoms with Crippen LogP contribution in [0, 0.1) is 0 Å². The first kappa shape index (κ1) is 15.4. The third-order valence-electron chi connectivity index (χ3n) is 3.07. The number of amides is 1. The Bertz CT molecular complexity index is 373. The summed E-state index contributed by atoms with van der Waals surface area (Å²) in [6.07, 6.45) is 1.31. The molecular formula is C11H22N2O4S. The number of hydrogen-bond donors (Lipinski definition) is 1. The summed E-state index contributed by atoms with van der Waals surface area (Å²) in [5.41, 5.74) is 0. The highest BCUT2D eigenvalue weighted by Crippen LogP contribution is 2.12. The van der Waals surface area contributed by atoms with Crippen LogP contribution in [0.1, 0.15) is 26.7 Å². The van der Waals surface area contributed by atoms with Crippen molar-refractivity contribution in [2.45, 2.75) is 38.0 Å². The van der Waals surface area contributed by atoms with Gasteiger partial charge in [0.2, 0.25) is 15.9 Å². The zero-order valence-corrected chi connectivity index (χ0v) is 12.0. The smallest absolute Gasteiger partial charge is 0.248 e. The fourth-order valence-corrected chi connectivity index (χ4v) is 2.80. The topological polar surface area (TPSA) is 75.7 Å². The lowest BCUT2D eigenvalue weighted by atomic mass is 10.1. The zero-order chi connectivity index (χ0) is 13.8. The number of ether oxygens (including phenoxy) is 1. The molecule has 6 nitrogen and oxygen atoms in total.